The molecule has 0 aliphatic carbocycles. The first-order chi connectivity index (χ1) is 9.10. The molecule has 0 aliphatic rings. The van der Waals surface area contributed by atoms with Crippen LogP contribution in [0, 0.1) is 6.92 Å². The first-order valence-electron chi connectivity index (χ1n) is 5.92. The third kappa shape index (κ3) is 3.36. The average Bonchev–Trinajstić information content (AvgIpc) is 2.86. The summed E-state index contributed by atoms with van der Waals surface area (Å²) in [6, 6.07) is 5.77. The highest BCUT2D eigenvalue weighted by Gasteiger charge is 2.15. The monoisotopic (exact) mass is 276 g/mol. The summed E-state index contributed by atoms with van der Waals surface area (Å²) in [6.07, 6.45) is 0. The lowest BCUT2D eigenvalue weighted by Crippen LogP contribution is -2.27. The molecule has 0 unspecified atom stereocenters. The quantitative estimate of drug-likeness (QED) is 0.920. The molecule has 19 heavy (non-hydrogen) atoms. The lowest BCUT2D eigenvalue weighted by molar-refractivity contribution is 0.0778. The second-order valence-corrected chi connectivity index (χ2v) is 5.20. The zero-order chi connectivity index (χ0) is 13.8. The third-order valence-electron chi connectivity index (χ3n) is 2.64. The van der Waals surface area contributed by atoms with E-state index in [0.29, 0.717) is 18.8 Å². The average molecular weight is 276 g/mol. The summed E-state index contributed by atoms with van der Waals surface area (Å²) in [4.78, 5) is 22.3. The molecule has 2 rings (SSSR count). The molecule has 0 fully saturated rings. The number of nitrogens with two attached hydrogens (primary N) is 1. The van der Waals surface area contributed by atoms with Gasteiger partial charge in [-0.25, -0.2) is 4.98 Å². The van der Waals surface area contributed by atoms with Gasteiger partial charge in [0.2, 0.25) is 0 Å². The largest absolute Gasteiger partial charge is 0.334 e. The van der Waals surface area contributed by atoms with Gasteiger partial charge in [0.25, 0.3) is 5.91 Å². The molecule has 1 amide bonds. The van der Waals surface area contributed by atoms with E-state index in [1.54, 1.807) is 17.3 Å². The van der Waals surface area contributed by atoms with E-state index in [4.69, 9.17) is 5.73 Å². The topological polar surface area (TPSA) is 72.1 Å². The van der Waals surface area contributed by atoms with E-state index < -0.39 is 0 Å². The van der Waals surface area contributed by atoms with Crippen molar-refractivity contribution in [3.8, 4) is 0 Å². The summed E-state index contributed by atoms with van der Waals surface area (Å²) in [5, 5.41) is 2.51. The number of aromatic nitrogens is 2. The Bertz CT molecular complexity index is 582. The van der Waals surface area contributed by atoms with Gasteiger partial charge in [0, 0.05) is 24.7 Å². The van der Waals surface area contributed by atoms with E-state index in [9.17, 15) is 4.79 Å². The van der Waals surface area contributed by atoms with Crippen LogP contribution >= 0.6 is 11.3 Å². The van der Waals surface area contributed by atoms with Gasteiger partial charge in [-0.15, -0.1) is 11.3 Å². The first kappa shape index (κ1) is 13.6. The highest BCUT2D eigenvalue weighted by Crippen LogP contribution is 2.12. The van der Waals surface area contributed by atoms with Gasteiger partial charge < -0.3 is 10.6 Å². The number of hydrogen-bond acceptors (Lipinski definition) is 5. The van der Waals surface area contributed by atoms with Crippen molar-refractivity contribution in [2.75, 3.05) is 7.05 Å². The standard InChI is InChI=1S/C13H16N4OS/c1-9-4-3-5-10(15-9)7-17(2)13(18)11-8-19-12(6-14)16-11/h3-5,8H,6-7,14H2,1-2H3. The van der Waals surface area contributed by atoms with E-state index in [0.717, 1.165) is 16.4 Å². The van der Waals surface area contributed by atoms with Gasteiger partial charge in [-0.1, -0.05) is 6.07 Å². The van der Waals surface area contributed by atoms with Crippen molar-refractivity contribution in [3.05, 3.63) is 45.7 Å². The predicted molar refractivity (Wildman–Crippen MR) is 74.8 cm³/mol. The smallest absolute Gasteiger partial charge is 0.273 e. The molecule has 0 aliphatic heterocycles. The maximum Gasteiger partial charge on any atom is 0.273 e. The molecule has 0 aromatic carbocycles. The van der Waals surface area contributed by atoms with E-state index in [1.165, 1.54) is 11.3 Å². The Labute approximate surface area is 116 Å². The van der Waals surface area contributed by atoms with Gasteiger partial charge >= 0.3 is 0 Å². The normalized spacial score (nSPS) is 10.5. The number of pyridine rings is 1. The van der Waals surface area contributed by atoms with Crippen LogP contribution in [0.15, 0.2) is 23.6 Å². The van der Waals surface area contributed by atoms with Crippen LogP contribution in [0.2, 0.25) is 0 Å². The van der Waals surface area contributed by atoms with E-state index in [-0.39, 0.29) is 5.91 Å². The van der Waals surface area contributed by atoms with Gasteiger partial charge in [-0.05, 0) is 19.1 Å². The molecule has 0 saturated heterocycles. The maximum atomic E-state index is 12.2. The highest BCUT2D eigenvalue weighted by atomic mass is 32.1. The zero-order valence-electron chi connectivity index (χ0n) is 11.0. The molecule has 5 nitrogen and oxygen atoms in total. The molecule has 6 heteroatoms. The minimum Gasteiger partial charge on any atom is -0.334 e. The number of aryl methyl sites for hydroxylation is 1. The Kier molecular flexibility index (Phi) is 4.24. The molecule has 0 saturated carbocycles. The summed E-state index contributed by atoms with van der Waals surface area (Å²) in [6.45, 7) is 2.76. The summed E-state index contributed by atoms with van der Waals surface area (Å²) in [5.41, 5.74) is 7.75. The Morgan fingerprint density at radius 2 is 2.21 bits per heavy atom. The van der Waals surface area contributed by atoms with Crippen molar-refractivity contribution in [1.82, 2.24) is 14.9 Å². The Hall–Kier alpha value is -1.79. The lowest BCUT2D eigenvalue weighted by Gasteiger charge is -2.15. The molecule has 2 aromatic rings. The van der Waals surface area contributed by atoms with E-state index in [1.807, 2.05) is 25.1 Å². The van der Waals surface area contributed by atoms with Crippen molar-refractivity contribution in [3.63, 3.8) is 0 Å². The molecular formula is C13H16N4OS. The van der Waals surface area contributed by atoms with E-state index in [2.05, 4.69) is 9.97 Å². The van der Waals surface area contributed by atoms with Crippen LogP contribution in [0.25, 0.3) is 0 Å². The fourth-order valence-corrected chi connectivity index (χ4v) is 2.35. The van der Waals surface area contributed by atoms with Gasteiger partial charge in [0.05, 0.1) is 12.2 Å². The molecule has 0 bridgehead atoms. The second kappa shape index (κ2) is 5.90. The molecule has 0 spiro atoms. The third-order valence-corrected chi connectivity index (χ3v) is 3.51. The molecule has 2 heterocycles. The number of hydrogen-bond donors (Lipinski definition) is 1. The molecular weight excluding hydrogens is 260 g/mol. The fraction of sp³-hybridized carbons (Fsp3) is 0.308. The molecule has 2 N–H and O–H groups in total. The van der Waals surface area contributed by atoms with Crippen LogP contribution in [0.5, 0.6) is 0 Å². The molecule has 2 aromatic heterocycles. The summed E-state index contributed by atoms with van der Waals surface area (Å²) < 4.78 is 0. The number of carbonyl (C=O) groups is 1. The summed E-state index contributed by atoms with van der Waals surface area (Å²) >= 11 is 1.40. The van der Waals surface area contributed by atoms with Crippen molar-refractivity contribution < 1.29 is 4.79 Å². The SMILES string of the molecule is Cc1cccc(CN(C)C(=O)c2csc(CN)n2)n1. The van der Waals surface area contributed by atoms with Crippen LogP contribution in [-0.4, -0.2) is 27.8 Å². The molecule has 0 atom stereocenters. The number of amides is 1. The minimum absolute atomic E-state index is 0.112. The Morgan fingerprint density at radius 3 is 2.84 bits per heavy atom. The van der Waals surface area contributed by atoms with Crippen LogP contribution in [0.4, 0.5) is 0 Å². The van der Waals surface area contributed by atoms with Gasteiger partial charge in [-0.3, -0.25) is 9.78 Å². The number of thiazole rings is 1. The van der Waals surface area contributed by atoms with Crippen molar-refractivity contribution >= 4 is 17.2 Å². The minimum atomic E-state index is -0.112. The van der Waals surface area contributed by atoms with Gasteiger partial charge in [-0.2, -0.15) is 0 Å². The van der Waals surface area contributed by atoms with Crippen molar-refractivity contribution in [2.24, 2.45) is 5.73 Å². The van der Waals surface area contributed by atoms with Crippen LogP contribution in [-0.2, 0) is 13.1 Å². The fourth-order valence-electron chi connectivity index (χ4n) is 1.70. The van der Waals surface area contributed by atoms with Crippen LogP contribution in [0.3, 0.4) is 0 Å². The first-order valence-corrected chi connectivity index (χ1v) is 6.80. The number of nitrogens with zero attached hydrogens (tertiary/aromatic N) is 3. The molecule has 100 valence electrons. The second-order valence-electron chi connectivity index (χ2n) is 4.26. The van der Waals surface area contributed by atoms with E-state index >= 15 is 0 Å². The summed E-state index contributed by atoms with van der Waals surface area (Å²) in [5.74, 6) is -0.112. The van der Waals surface area contributed by atoms with Gasteiger partial charge in [0.15, 0.2) is 0 Å². The van der Waals surface area contributed by atoms with Crippen LogP contribution < -0.4 is 5.73 Å². The number of rotatable bonds is 4. The molecule has 0 radical (unpaired) electrons. The van der Waals surface area contributed by atoms with Crippen molar-refractivity contribution in [2.45, 2.75) is 20.0 Å². The van der Waals surface area contributed by atoms with Gasteiger partial charge in [0.1, 0.15) is 10.7 Å². The number of carbonyl (C=O) groups excluding carboxylic acids is 1. The zero-order valence-corrected chi connectivity index (χ0v) is 11.8. The van der Waals surface area contributed by atoms with Crippen molar-refractivity contribution in [1.29, 1.82) is 0 Å². The lowest BCUT2D eigenvalue weighted by atomic mass is 10.3. The Balaban J connectivity index is 2.07. The predicted octanol–water partition coefficient (Wildman–Crippen LogP) is 1.58. The highest BCUT2D eigenvalue weighted by molar-refractivity contribution is 7.09. The summed E-state index contributed by atoms with van der Waals surface area (Å²) in [7, 11) is 1.74. The van der Waals surface area contributed by atoms with Crippen LogP contribution in [0.1, 0.15) is 26.9 Å². The Morgan fingerprint density at radius 1 is 1.42 bits per heavy atom. The maximum absolute atomic E-state index is 12.2.